The van der Waals surface area contributed by atoms with Gasteiger partial charge in [-0.1, -0.05) is 6.07 Å². The standard InChI is InChI=1S/C15H18F2N2O/c1-9-12-7-18-6-11(12)8-19(9)15(20)5-10-2-3-13(16)14(17)4-10/h2-4,9,11-12,18H,5-8H2,1H3. The number of carbonyl (C=O) groups is 1. The Morgan fingerprint density at radius 3 is 2.85 bits per heavy atom. The topological polar surface area (TPSA) is 32.3 Å². The molecule has 1 aromatic rings. The monoisotopic (exact) mass is 280 g/mol. The molecule has 2 saturated heterocycles. The van der Waals surface area contributed by atoms with Crippen molar-refractivity contribution in [1.82, 2.24) is 10.2 Å². The Morgan fingerprint density at radius 2 is 2.15 bits per heavy atom. The minimum atomic E-state index is -0.897. The number of hydrogen-bond acceptors (Lipinski definition) is 2. The number of nitrogens with zero attached hydrogens (tertiary/aromatic N) is 1. The summed E-state index contributed by atoms with van der Waals surface area (Å²) in [7, 11) is 0. The normalized spacial score (nSPS) is 28.8. The van der Waals surface area contributed by atoms with E-state index < -0.39 is 11.6 Å². The lowest BCUT2D eigenvalue weighted by molar-refractivity contribution is -0.131. The smallest absolute Gasteiger partial charge is 0.227 e. The van der Waals surface area contributed by atoms with Gasteiger partial charge in [0.2, 0.25) is 5.91 Å². The summed E-state index contributed by atoms with van der Waals surface area (Å²) in [4.78, 5) is 14.2. The van der Waals surface area contributed by atoms with Crippen molar-refractivity contribution in [2.24, 2.45) is 11.8 Å². The van der Waals surface area contributed by atoms with Crippen molar-refractivity contribution in [3.63, 3.8) is 0 Å². The molecule has 3 atom stereocenters. The van der Waals surface area contributed by atoms with Crippen LogP contribution in [-0.2, 0) is 11.2 Å². The maximum absolute atomic E-state index is 13.2. The maximum Gasteiger partial charge on any atom is 0.227 e. The molecule has 0 aromatic heterocycles. The van der Waals surface area contributed by atoms with Gasteiger partial charge in [-0.2, -0.15) is 0 Å². The zero-order valence-electron chi connectivity index (χ0n) is 11.4. The van der Waals surface area contributed by atoms with Gasteiger partial charge in [0.25, 0.3) is 0 Å². The molecule has 2 aliphatic heterocycles. The predicted octanol–water partition coefficient (Wildman–Crippen LogP) is 1.57. The van der Waals surface area contributed by atoms with Gasteiger partial charge in [-0.15, -0.1) is 0 Å². The Kier molecular flexibility index (Phi) is 3.46. The zero-order valence-corrected chi connectivity index (χ0v) is 11.4. The molecule has 0 aliphatic carbocycles. The Morgan fingerprint density at radius 1 is 1.35 bits per heavy atom. The third-order valence-corrected chi connectivity index (χ3v) is 4.59. The summed E-state index contributed by atoms with van der Waals surface area (Å²) in [6.07, 6.45) is 0.133. The van der Waals surface area contributed by atoms with E-state index in [2.05, 4.69) is 12.2 Å². The number of benzene rings is 1. The number of fused-ring (bicyclic) bond motifs is 1. The first kappa shape index (κ1) is 13.5. The number of amides is 1. The summed E-state index contributed by atoms with van der Waals surface area (Å²) < 4.78 is 26.0. The second-order valence-electron chi connectivity index (χ2n) is 5.79. The Hall–Kier alpha value is -1.49. The molecule has 5 heteroatoms. The van der Waals surface area contributed by atoms with Crippen molar-refractivity contribution in [2.45, 2.75) is 19.4 Å². The predicted molar refractivity (Wildman–Crippen MR) is 71.1 cm³/mol. The van der Waals surface area contributed by atoms with Crippen LogP contribution < -0.4 is 5.32 Å². The van der Waals surface area contributed by atoms with E-state index in [9.17, 15) is 13.6 Å². The van der Waals surface area contributed by atoms with Gasteiger partial charge in [0.15, 0.2) is 11.6 Å². The molecule has 1 N–H and O–H groups in total. The summed E-state index contributed by atoms with van der Waals surface area (Å²) in [6.45, 7) is 4.76. The van der Waals surface area contributed by atoms with Gasteiger partial charge < -0.3 is 10.2 Å². The molecule has 20 heavy (non-hydrogen) atoms. The molecule has 1 aromatic carbocycles. The summed E-state index contributed by atoms with van der Waals surface area (Å²) >= 11 is 0. The average Bonchev–Trinajstić information content (AvgIpc) is 2.97. The molecule has 0 spiro atoms. The third-order valence-electron chi connectivity index (χ3n) is 4.59. The summed E-state index contributed by atoms with van der Waals surface area (Å²) in [5, 5.41) is 3.35. The molecular formula is C15H18F2N2O. The van der Waals surface area contributed by atoms with E-state index >= 15 is 0 Å². The molecule has 0 radical (unpaired) electrons. The summed E-state index contributed by atoms with van der Waals surface area (Å²) in [5.74, 6) is -0.733. The summed E-state index contributed by atoms with van der Waals surface area (Å²) in [5.41, 5.74) is 0.524. The van der Waals surface area contributed by atoms with E-state index in [-0.39, 0.29) is 18.4 Å². The Bertz CT molecular complexity index is 535. The molecule has 3 nitrogen and oxygen atoms in total. The first-order valence-corrected chi connectivity index (χ1v) is 7.00. The number of likely N-dealkylation sites (tertiary alicyclic amines) is 1. The molecule has 3 unspecified atom stereocenters. The fourth-order valence-electron chi connectivity index (χ4n) is 3.42. The lowest BCUT2D eigenvalue weighted by Crippen LogP contribution is -2.38. The van der Waals surface area contributed by atoms with Crippen molar-refractivity contribution in [3.05, 3.63) is 35.4 Å². The van der Waals surface area contributed by atoms with E-state index in [1.165, 1.54) is 6.07 Å². The fourth-order valence-corrected chi connectivity index (χ4v) is 3.42. The van der Waals surface area contributed by atoms with Crippen LogP contribution in [0.4, 0.5) is 8.78 Å². The highest BCUT2D eigenvalue weighted by molar-refractivity contribution is 5.79. The molecule has 3 rings (SSSR count). The van der Waals surface area contributed by atoms with Gasteiger partial charge in [-0.3, -0.25) is 4.79 Å². The van der Waals surface area contributed by atoms with Crippen LogP contribution in [0.15, 0.2) is 18.2 Å². The fraction of sp³-hybridized carbons (Fsp3) is 0.533. The highest BCUT2D eigenvalue weighted by Crippen LogP contribution is 2.32. The molecule has 108 valence electrons. The van der Waals surface area contributed by atoms with Crippen molar-refractivity contribution >= 4 is 5.91 Å². The molecule has 0 saturated carbocycles. The van der Waals surface area contributed by atoms with Crippen molar-refractivity contribution in [1.29, 1.82) is 0 Å². The van der Waals surface area contributed by atoms with Gasteiger partial charge in [0, 0.05) is 25.7 Å². The van der Waals surface area contributed by atoms with E-state index in [4.69, 9.17) is 0 Å². The van der Waals surface area contributed by atoms with Crippen LogP contribution in [0.3, 0.4) is 0 Å². The van der Waals surface area contributed by atoms with Crippen molar-refractivity contribution in [2.75, 3.05) is 19.6 Å². The first-order chi connectivity index (χ1) is 9.56. The molecule has 0 bridgehead atoms. The number of carbonyl (C=O) groups excluding carboxylic acids is 1. The zero-order chi connectivity index (χ0) is 14.3. The minimum absolute atomic E-state index is 0.00194. The lowest BCUT2D eigenvalue weighted by Gasteiger charge is -2.24. The van der Waals surface area contributed by atoms with E-state index in [1.54, 1.807) is 0 Å². The number of hydrogen-bond donors (Lipinski definition) is 1. The van der Waals surface area contributed by atoms with Crippen molar-refractivity contribution < 1.29 is 13.6 Å². The van der Waals surface area contributed by atoms with Gasteiger partial charge in [-0.25, -0.2) is 8.78 Å². The van der Waals surface area contributed by atoms with E-state index in [0.717, 1.165) is 31.8 Å². The number of rotatable bonds is 2. The second-order valence-corrected chi connectivity index (χ2v) is 5.79. The van der Waals surface area contributed by atoms with E-state index in [1.807, 2.05) is 4.90 Å². The van der Waals surface area contributed by atoms with Gasteiger partial charge >= 0.3 is 0 Å². The number of halogens is 2. The maximum atomic E-state index is 13.2. The number of nitrogens with one attached hydrogen (secondary N) is 1. The lowest BCUT2D eigenvalue weighted by atomic mass is 9.95. The van der Waals surface area contributed by atoms with Crippen LogP contribution >= 0.6 is 0 Å². The van der Waals surface area contributed by atoms with Crippen LogP contribution in [0.2, 0.25) is 0 Å². The van der Waals surface area contributed by atoms with Gasteiger partial charge in [0.1, 0.15) is 0 Å². The molecule has 2 fully saturated rings. The SMILES string of the molecule is CC1C2CNCC2CN1C(=O)Cc1ccc(F)c(F)c1. The second kappa shape index (κ2) is 5.13. The molecular weight excluding hydrogens is 262 g/mol. The minimum Gasteiger partial charge on any atom is -0.339 e. The average molecular weight is 280 g/mol. The third kappa shape index (κ3) is 2.30. The Balaban J connectivity index is 1.69. The van der Waals surface area contributed by atoms with Crippen LogP contribution in [0.25, 0.3) is 0 Å². The summed E-state index contributed by atoms with van der Waals surface area (Å²) in [6, 6.07) is 3.87. The van der Waals surface area contributed by atoms with Gasteiger partial charge in [-0.05, 0) is 36.5 Å². The Labute approximate surface area is 117 Å². The molecule has 2 heterocycles. The van der Waals surface area contributed by atoms with E-state index in [0.29, 0.717) is 17.4 Å². The van der Waals surface area contributed by atoms with Crippen molar-refractivity contribution in [3.8, 4) is 0 Å². The highest BCUT2D eigenvalue weighted by Gasteiger charge is 2.43. The largest absolute Gasteiger partial charge is 0.339 e. The van der Waals surface area contributed by atoms with Crippen LogP contribution in [-0.4, -0.2) is 36.5 Å². The first-order valence-electron chi connectivity index (χ1n) is 7.00. The quantitative estimate of drug-likeness (QED) is 0.892. The molecule has 2 aliphatic rings. The van der Waals surface area contributed by atoms with Gasteiger partial charge in [0.05, 0.1) is 6.42 Å². The molecule has 1 amide bonds. The van der Waals surface area contributed by atoms with Crippen LogP contribution in [0.1, 0.15) is 12.5 Å². The highest BCUT2D eigenvalue weighted by atomic mass is 19.2. The van der Waals surface area contributed by atoms with Crippen LogP contribution in [0, 0.1) is 23.5 Å². The van der Waals surface area contributed by atoms with Crippen LogP contribution in [0.5, 0.6) is 0 Å².